The van der Waals surface area contributed by atoms with Crippen LogP contribution < -0.4 is 10.6 Å². The summed E-state index contributed by atoms with van der Waals surface area (Å²) >= 11 is 1.70. The highest BCUT2D eigenvalue weighted by Gasteiger charge is 2.73. The lowest BCUT2D eigenvalue weighted by molar-refractivity contribution is -0.140. The van der Waals surface area contributed by atoms with E-state index < -0.39 is 16.7 Å². The normalized spacial score (nSPS) is 34.1. The van der Waals surface area contributed by atoms with Crippen molar-refractivity contribution in [2.45, 2.75) is 48.1 Å². The van der Waals surface area contributed by atoms with Crippen molar-refractivity contribution >= 4 is 29.5 Å². The maximum atomic E-state index is 13.6. The molecule has 0 aromatic carbocycles. The number of carbonyl (C=O) groups is 3. The topological polar surface area (TPSA) is 111 Å². The predicted octanol–water partition coefficient (Wildman–Crippen LogP) is -0.565. The zero-order valence-corrected chi connectivity index (χ0v) is 19.7. The van der Waals surface area contributed by atoms with Crippen LogP contribution in [0.3, 0.4) is 0 Å². The van der Waals surface area contributed by atoms with E-state index in [9.17, 15) is 14.4 Å². The van der Waals surface area contributed by atoms with Gasteiger partial charge in [0, 0.05) is 51.6 Å². The molecule has 10 heteroatoms. The summed E-state index contributed by atoms with van der Waals surface area (Å²) in [6.45, 7) is 5.09. The lowest BCUT2D eigenvalue weighted by Crippen LogP contribution is -2.54. The smallest absolute Gasteiger partial charge is 0.244 e. The summed E-state index contributed by atoms with van der Waals surface area (Å²) in [7, 11) is 1.62. The van der Waals surface area contributed by atoms with Crippen molar-refractivity contribution in [2.75, 3.05) is 59.6 Å². The molecule has 9 nitrogen and oxygen atoms in total. The molecule has 4 aliphatic rings. The number of aliphatic hydroxyl groups is 1. The number of ether oxygens (including phenoxy) is 1. The van der Waals surface area contributed by atoms with Crippen LogP contribution in [0.4, 0.5) is 0 Å². The number of aliphatic hydroxyl groups excluding tert-OH is 1. The molecule has 2 unspecified atom stereocenters. The number of hydrogen-bond donors (Lipinski definition) is 3. The Labute approximate surface area is 194 Å². The summed E-state index contributed by atoms with van der Waals surface area (Å²) in [4.78, 5) is 43.8. The second kappa shape index (κ2) is 10.3. The van der Waals surface area contributed by atoms with Gasteiger partial charge >= 0.3 is 0 Å². The molecule has 3 N–H and O–H groups in total. The molecular weight excluding hydrogens is 432 g/mol. The molecule has 2 bridgehead atoms. The van der Waals surface area contributed by atoms with E-state index in [1.165, 1.54) is 0 Å². The fourth-order valence-electron chi connectivity index (χ4n) is 5.99. The second-order valence-corrected chi connectivity index (χ2v) is 10.8. The van der Waals surface area contributed by atoms with Crippen LogP contribution in [0.25, 0.3) is 0 Å². The molecule has 32 heavy (non-hydrogen) atoms. The molecule has 5 atom stereocenters. The molecule has 3 amide bonds. The minimum absolute atomic E-state index is 0.0503. The minimum atomic E-state index is -0.538. The first-order valence-corrected chi connectivity index (χ1v) is 12.8. The van der Waals surface area contributed by atoms with E-state index in [1.54, 1.807) is 23.7 Å². The summed E-state index contributed by atoms with van der Waals surface area (Å²) in [6.07, 6.45) is 3.89. The first-order chi connectivity index (χ1) is 15.5. The van der Waals surface area contributed by atoms with E-state index in [0.717, 1.165) is 58.5 Å². The Balaban J connectivity index is 1.49. The number of rotatable bonds is 10. The summed E-state index contributed by atoms with van der Waals surface area (Å²) in [5, 5.41) is 15.0. The van der Waals surface area contributed by atoms with Gasteiger partial charge in [-0.3, -0.25) is 19.3 Å². The van der Waals surface area contributed by atoms with Crippen LogP contribution in [-0.4, -0.2) is 108 Å². The van der Waals surface area contributed by atoms with Crippen LogP contribution in [-0.2, 0) is 19.1 Å². The molecule has 0 aromatic heterocycles. The SMILES string of the molecule is CNC(=O)[C@@H]1[C@H]2C(=O)N(CCCCCO)C(C(=O)NCCN3CCOCC3)C23CC[C@H]1S3. The Morgan fingerprint density at radius 3 is 2.69 bits per heavy atom. The van der Waals surface area contributed by atoms with Gasteiger partial charge in [-0.05, 0) is 32.1 Å². The third-order valence-corrected chi connectivity index (χ3v) is 9.44. The van der Waals surface area contributed by atoms with E-state index in [4.69, 9.17) is 9.84 Å². The number of carbonyl (C=O) groups excluding carboxylic acids is 3. The van der Waals surface area contributed by atoms with Gasteiger partial charge in [-0.2, -0.15) is 0 Å². The third kappa shape index (κ3) is 4.26. The minimum Gasteiger partial charge on any atom is -0.396 e. The number of thioether (sulfide) groups is 1. The highest BCUT2D eigenvalue weighted by atomic mass is 32.2. The van der Waals surface area contributed by atoms with Crippen LogP contribution in [0.1, 0.15) is 32.1 Å². The zero-order chi connectivity index (χ0) is 22.7. The molecular formula is C22H36N4O5S. The van der Waals surface area contributed by atoms with Crippen molar-refractivity contribution in [3.8, 4) is 0 Å². The monoisotopic (exact) mass is 468 g/mol. The largest absolute Gasteiger partial charge is 0.396 e. The number of nitrogens with zero attached hydrogens (tertiary/aromatic N) is 2. The summed E-state index contributed by atoms with van der Waals surface area (Å²) in [5.74, 6) is -1.03. The van der Waals surface area contributed by atoms with Gasteiger partial charge < -0.3 is 25.4 Å². The molecule has 0 saturated carbocycles. The fraction of sp³-hybridized carbons (Fsp3) is 0.864. The van der Waals surface area contributed by atoms with Crippen molar-refractivity contribution in [1.29, 1.82) is 0 Å². The molecule has 4 aliphatic heterocycles. The first-order valence-electron chi connectivity index (χ1n) is 11.9. The number of nitrogens with one attached hydrogen (secondary N) is 2. The molecule has 0 aromatic rings. The van der Waals surface area contributed by atoms with Crippen LogP contribution in [0.15, 0.2) is 0 Å². The first kappa shape index (κ1) is 23.8. The highest BCUT2D eigenvalue weighted by Crippen LogP contribution is 2.66. The van der Waals surface area contributed by atoms with E-state index in [2.05, 4.69) is 15.5 Å². The van der Waals surface area contributed by atoms with Gasteiger partial charge in [0.05, 0.1) is 29.8 Å². The number of unbranched alkanes of at least 4 members (excludes halogenated alkanes) is 2. The zero-order valence-electron chi connectivity index (χ0n) is 18.9. The van der Waals surface area contributed by atoms with Crippen LogP contribution in [0.2, 0.25) is 0 Å². The van der Waals surface area contributed by atoms with Crippen molar-refractivity contribution < 1.29 is 24.2 Å². The fourth-order valence-corrected chi connectivity index (χ4v) is 8.21. The van der Waals surface area contributed by atoms with Crippen molar-refractivity contribution in [3.63, 3.8) is 0 Å². The number of likely N-dealkylation sites (tertiary alicyclic amines) is 1. The van der Waals surface area contributed by atoms with Crippen LogP contribution >= 0.6 is 11.8 Å². The molecule has 180 valence electrons. The number of amides is 3. The molecule has 4 rings (SSSR count). The van der Waals surface area contributed by atoms with Gasteiger partial charge in [0.25, 0.3) is 0 Å². The van der Waals surface area contributed by atoms with Crippen LogP contribution in [0, 0.1) is 11.8 Å². The molecule has 4 heterocycles. The van der Waals surface area contributed by atoms with Gasteiger partial charge in [0.2, 0.25) is 17.7 Å². The average Bonchev–Trinajstić information content (AvgIpc) is 3.44. The van der Waals surface area contributed by atoms with E-state index in [1.807, 2.05) is 0 Å². The maximum absolute atomic E-state index is 13.6. The number of hydrogen-bond acceptors (Lipinski definition) is 7. The summed E-state index contributed by atoms with van der Waals surface area (Å²) in [5.41, 5.74) is 0. The van der Waals surface area contributed by atoms with E-state index >= 15 is 0 Å². The Morgan fingerprint density at radius 1 is 1.19 bits per heavy atom. The predicted molar refractivity (Wildman–Crippen MR) is 121 cm³/mol. The van der Waals surface area contributed by atoms with Gasteiger partial charge in [0.1, 0.15) is 6.04 Å². The van der Waals surface area contributed by atoms with Crippen molar-refractivity contribution in [2.24, 2.45) is 11.8 Å². The average molecular weight is 469 g/mol. The molecule has 4 fully saturated rings. The molecule has 1 spiro atoms. The van der Waals surface area contributed by atoms with Gasteiger partial charge in [0.15, 0.2) is 0 Å². The Kier molecular flexibility index (Phi) is 7.64. The van der Waals surface area contributed by atoms with Crippen molar-refractivity contribution in [1.82, 2.24) is 20.4 Å². The Morgan fingerprint density at radius 2 is 1.97 bits per heavy atom. The Bertz CT molecular complexity index is 718. The van der Waals surface area contributed by atoms with Gasteiger partial charge in [-0.25, -0.2) is 0 Å². The number of morpholine rings is 1. The van der Waals surface area contributed by atoms with Gasteiger partial charge in [-0.15, -0.1) is 11.8 Å². The summed E-state index contributed by atoms with van der Waals surface area (Å²) < 4.78 is 4.87. The quantitative estimate of drug-likeness (QED) is 0.369. The van der Waals surface area contributed by atoms with Crippen molar-refractivity contribution in [3.05, 3.63) is 0 Å². The maximum Gasteiger partial charge on any atom is 0.244 e. The van der Waals surface area contributed by atoms with Gasteiger partial charge in [-0.1, -0.05) is 0 Å². The molecule has 4 saturated heterocycles. The summed E-state index contributed by atoms with van der Waals surface area (Å²) in [6, 6.07) is -0.538. The highest BCUT2D eigenvalue weighted by molar-refractivity contribution is 8.02. The van der Waals surface area contributed by atoms with Crippen LogP contribution in [0.5, 0.6) is 0 Å². The molecule has 0 aliphatic carbocycles. The lowest BCUT2D eigenvalue weighted by Gasteiger charge is -2.34. The lowest BCUT2D eigenvalue weighted by atomic mass is 9.71. The standard InChI is InChI=1S/C22H36N4O5S/c1-23-19(28)16-15-5-6-22(32-15)17(16)21(30)26(8-3-2-4-12-27)18(22)20(29)24-7-9-25-10-13-31-14-11-25/h15-18,27H,2-14H2,1H3,(H,23,28)(H,24,29)/t15-,16+,17+,18?,22?/m1/s1. The third-order valence-electron chi connectivity index (χ3n) is 7.49. The molecule has 0 radical (unpaired) electrons. The Hall–Kier alpha value is -1.36. The van der Waals surface area contributed by atoms with E-state index in [0.29, 0.717) is 19.5 Å². The second-order valence-electron chi connectivity index (χ2n) is 9.23. The van der Waals surface area contributed by atoms with E-state index in [-0.39, 0.29) is 35.5 Å². The number of fused-ring (bicyclic) bond motifs is 1.